The second-order valence-electron chi connectivity index (χ2n) is 5.19. The topological polar surface area (TPSA) is 42.0 Å². The molecule has 2 aromatic carbocycles. The number of aryl methyl sites for hydroxylation is 1. The molecule has 1 amide bonds. The van der Waals surface area contributed by atoms with Gasteiger partial charge in [0.25, 0.3) is 5.91 Å². The molecule has 3 heteroatoms. The molecular weight excluding hydrogens is 272 g/mol. The van der Waals surface area contributed by atoms with E-state index in [9.17, 15) is 4.79 Å². The summed E-state index contributed by atoms with van der Waals surface area (Å²) in [7, 11) is 0. The van der Waals surface area contributed by atoms with Crippen LogP contribution in [0.25, 0.3) is 10.9 Å². The van der Waals surface area contributed by atoms with Crippen LogP contribution in [0.2, 0.25) is 0 Å². The standard InChI is InChI=1S/C19H18N2O/c1-2-16-12-15(17-10-6-7-11-18(17)21-16)13-20-19(22)14-8-4-3-5-9-14/h3-12H,2,13H2,1H3,(H,20,22). The van der Waals surface area contributed by atoms with Crippen molar-refractivity contribution in [2.24, 2.45) is 0 Å². The predicted molar refractivity (Wildman–Crippen MR) is 88.7 cm³/mol. The van der Waals surface area contributed by atoms with Crippen LogP contribution in [0.15, 0.2) is 60.7 Å². The third kappa shape index (κ3) is 2.98. The van der Waals surface area contributed by atoms with E-state index in [4.69, 9.17) is 0 Å². The number of pyridine rings is 1. The first-order chi connectivity index (χ1) is 10.8. The lowest BCUT2D eigenvalue weighted by Gasteiger charge is -2.10. The quantitative estimate of drug-likeness (QED) is 0.795. The number of benzene rings is 2. The second kappa shape index (κ2) is 6.39. The van der Waals surface area contributed by atoms with Gasteiger partial charge in [-0.05, 0) is 36.2 Å². The number of nitrogens with one attached hydrogen (secondary N) is 1. The smallest absolute Gasteiger partial charge is 0.251 e. The maximum atomic E-state index is 12.2. The normalized spacial score (nSPS) is 10.6. The van der Waals surface area contributed by atoms with Crippen molar-refractivity contribution in [3.05, 3.63) is 77.5 Å². The van der Waals surface area contributed by atoms with E-state index in [2.05, 4.69) is 23.3 Å². The lowest BCUT2D eigenvalue weighted by atomic mass is 10.1. The molecule has 0 saturated carbocycles. The van der Waals surface area contributed by atoms with Crippen molar-refractivity contribution in [3.63, 3.8) is 0 Å². The Hall–Kier alpha value is -2.68. The molecule has 1 heterocycles. The van der Waals surface area contributed by atoms with Crippen LogP contribution in [0.3, 0.4) is 0 Å². The van der Waals surface area contributed by atoms with E-state index in [1.54, 1.807) is 0 Å². The highest BCUT2D eigenvalue weighted by atomic mass is 16.1. The molecule has 0 atom stereocenters. The molecule has 1 N–H and O–H groups in total. The number of carbonyl (C=O) groups excluding carboxylic acids is 1. The number of hydrogen-bond donors (Lipinski definition) is 1. The van der Waals surface area contributed by atoms with Crippen LogP contribution in [0.4, 0.5) is 0 Å². The van der Waals surface area contributed by atoms with Gasteiger partial charge in [0.15, 0.2) is 0 Å². The van der Waals surface area contributed by atoms with Gasteiger partial charge in [0.1, 0.15) is 0 Å². The van der Waals surface area contributed by atoms with Crippen molar-refractivity contribution in [2.75, 3.05) is 0 Å². The minimum Gasteiger partial charge on any atom is -0.348 e. The molecule has 0 aliphatic heterocycles. The fourth-order valence-corrected chi connectivity index (χ4v) is 2.50. The van der Waals surface area contributed by atoms with E-state index >= 15 is 0 Å². The zero-order valence-corrected chi connectivity index (χ0v) is 12.5. The van der Waals surface area contributed by atoms with Crippen molar-refractivity contribution >= 4 is 16.8 Å². The fourth-order valence-electron chi connectivity index (χ4n) is 2.50. The summed E-state index contributed by atoms with van der Waals surface area (Å²) in [6.45, 7) is 2.59. The van der Waals surface area contributed by atoms with Gasteiger partial charge in [-0.2, -0.15) is 0 Å². The van der Waals surface area contributed by atoms with Crippen LogP contribution in [0.1, 0.15) is 28.5 Å². The van der Waals surface area contributed by atoms with Gasteiger partial charge in [-0.15, -0.1) is 0 Å². The van der Waals surface area contributed by atoms with Crippen molar-refractivity contribution in [2.45, 2.75) is 19.9 Å². The minimum atomic E-state index is -0.0560. The molecular formula is C19H18N2O. The van der Waals surface area contributed by atoms with Crippen molar-refractivity contribution < 1.29 is 4.79 Å². The molecule has 1 aromatic heterocycles. The minimum absolute atomic E-state index is 0.0560. The molecule has 0 bridgehead atoms. The first-order valence-electron chi connectivity index (χ1n) is 7.48. The molecule has 0 spiro atoms. The SMILES string of the molecule is CCc1cc(CNC(=O)c2ccccc2)c2ccccc2n1. The number of aromatic nitrogens is 1. The number of nitrogens with zero attached hydrogens (tertiary/aromatic N) is 1. The summed E-state index contributed by atoms with van der Waals surface area (Å²) in [5.74, 6) is -0.0560. The second-order valence-corrected chi connectivity index (χ2v) is 5.19. The maximum Gasteiger partial charge on any atom is 0.251 e. The number of rotatable bonds is 4. The van der Waals surface area contributed by atoms with Gasteiger partial charge in [-0.1, -0.05) is 43.3 Å². The van der Waals surface area contributed by atoms with E-state index in [0.29, 0.717) is 12.1 Å². The summed E-state index contributed by atoms with van der Waals surface area (Å²) < 4.78 is 0. The van der Waals surface area contributed by atoms with Gasteiger partial charge < -0.3 is 5.32 Å². The zero-order chi connectivity index (χ0) is 15.4. The Bertz CT molecular complexity index is 797. The number of para-hydroxylation sites is 1. The van der Waals surface area contributed by atoms with Crippen LogP contribution in [0.5, 0.6) is 0 Å². The molecule has 0 fully saturated rings. The first-order valence-corrected chi connectivity index (χ1v) is 7.48. The molecule has 0 radical (unpaired) electrons. The maximum absolute atomic E-state index is 12.2. The lowest BCUT2D eigenvalue weighted by molar-refractivity contribution is 0.0951. The summed E-state index contributed by atoms with van der Waals surface area (Å²) in [5, 5.41) is 4.08. The van der Waals surface area contributed by atoms with Crippen molar-refractivity contribution in [1.82, 2.24) is 10.3 Å². The Morgan fingerprint density at radius 1 is 1.05 bits per heavy atom. The van der Waals surface area contributed by atoms with Gasteiger partial charge in [-0.3, -0.25) is 9.78 Å². The third-order valence-corrected chi connectivity index (χ3v) is 3.69. The van der Waals surface area contributed by atoms with Crippen LogP contribution in [-0.2, 0) is 13.0 Å². The first kappa shape index (κ1) is 14.3. The zero-order valence-electron chi connectivity index (χ0n) is 12.5. The molecule has 22 heavy (non-hydrogen) atoms. The van der Waals surface area contributed by atoms with Gasteiger partial charge in [0.05, 0.1) is 5.52 Å². The monoisotopic (exact) mass is 290 g/mol. The van der Waals surface area contributed by atoms with E-state index in [0.717, 1.165) is 28.6 Å². The molecule has 0 aliphatic rings. The van der Waals surface area contributed by atoms with Crippen LogP contribution in [-0.4, -0.2) is 10.9 Å². The summed E-state index contributed by atoms with van der Waals surface area (Å²) in [6, 6.07) is 19.4. The summed E-state index contributed by atoms with van der Waals surface area (Å²) >= 11 is 0. The number of amides is 1. The number of hydrogen-bond acceptors (Lipinski definition) is 2. The predicted octanol–water partition coefficient (Wildman–Crippen LogP) is 3.73. The number of carbonyl (C=O) groups is 1. The molecule has 0 aliphatic carbocycles. The van der Waals surface area contributed by atoms with Gasteiger partial charge >= 0.3 is 0 Å². The highest BCUT2D eigenvalue weighted by molar-refractivity contribution is 5.94. The van der Waals surface area contributed by atoms with Crippen LogP contribution < -0.4 is 5.32 Å². The Morgan fingerprint density at radius 3 is 2.55 bits per heavy atom. The molecule has 3 rings (SSSR count). The van der Waals surface area contributed by atoms with Crippen molar-refractivity contribution in [1.29, 1.82) is 0 Å². The summed E-state index contributed by atoms with van der Waals surface area (Å²) in [6.07, 6.45) is 0.879. The van der Waals surface area contributed by atoms with Gasteiger partial charge in [0.2, 0.25) is 0 Å². The summed E-state index contributed by atoms with van der Waals surface area (Å²) in [4.78, 5) is 16.8. The van der Waals surface area contributed by atoms with Gasteiger partial charge in [0, 0.05) is 23.2 Å². The Kier molecular flexibility index (Phi) is 4.15. The molecule has 0 unspecified atom stereocenters. The molecule has 3 nitrogen and oxygen atoms in total. The lowest BCUT2D eigenvalue weighted by Crippen LogP contribution is -2.23. The van der Waals surface area contributed by atoms with E-state index in [1.807, 2.05) is 54.6 Å². The highest BCUT2D eigenvalue weighted by Gasteiger charge is 2.08. The Labute approximate surface area is 130 Å². The van der Waals surface area contributed by atoms with E-state index in [1.165, 1.54) is 0 Å². The fraction of sp³-hybridized carbons (Fsp3) is 0.158. The number of fused-ring (bicyclic) bond motifs is 1. The van der Waals surface area contributed by atoms with Crippen LogP contribution in [0, 0.1) is 0 Å². The van der Waals surface area contributed by atoms with Crippen LogP contribution >= 0.6 is 0 Å². The highest BCUT2D eigenvalue weighted by Crippen LogP contribution is 2.18. The van der Waals surface area contributed by atoms with Crippen molar-refractivity contribution in [3.8, 4) is 0 Å². The van der Waals surface area contributed by atoms with E-state index in [-0.39, 0.29) is 5.91 Å². The average Bonchev–Trinajstić information content (AvgIpc) is 2.59. The Balaban J connectivity index is 1.86. The molecule has 110 valence electrons. The van der Waals surface area contributed by atoms with Gasteiger partial charge in [-0.25, -0.2) is 0 Å². The van der Waals surface area contributed by atoms with E-state index < -0.39 is 0 Å². The molecule has 3 aromatic rings. The molecule has 0 saturated heterocycles. The average molecular weight is 290 g/mol. The Morgan fingerprint density at radius 2 is 1.77 bits per heavy atom. The largest absolute Gasteiger partial charge is 0.348 e. The summed E-state index contributed by atoms with van der Waals surface area (Å²) in [5.41, 5.74) is 3.80. The third-order valence-electron chi connectivity index (χ3n) is 3.69.